The van der Waals surface area contributed by atoms with E-state index in [1.165, 1.54) is 0 Å². The summed E-state index contributed by atoms with van der Waals surface area (Å²) in [4.78, 5) is 15.2. The molecule has 6 nitrogen and oxygen atoms in total. The van der Waals surface area contributed by atoms with Crippen molar-refractivity contribution in [2.24, 2.45) is 0 Å². The second-order valence-electron chi connectivity index (χ2n) is 8.26. The Bertz CT molecular complexity index is 1060. The molecule has 3 aromatic rings. The fraction of sp³-hybridized carbons (Fsp3) is 0.385. The quantitative estimate of drug-likeness (QED) is 0.402. The average Bonchev–Trinajstić information content (AvgIpc) is 3.35. The summed E-state index contributed by atoms with van der Waals surface area (Å²) in [6, 6.07) is 14.9. The Kier molecular flexibility index (Phi) is 6.78. The van der Waals surface area contributed by atoms with Crippen molar-refractivity contribution in [1.82, 2.24) is 15.1 Å². The van der Waals surface area contributed by atoms with E-state index in [-0.39, 0.29) is 17.7 Å². The molecule has 32 heavy (non-hydrogen) atoms. The first kappa shape index (κ1) is 21.9. The zero-order chi connectivity index (χ0) is 22.5. The molecule has 0 saturated heterocycles. The zero-order valence-corrected chi connectivity index (χ0v) is 18.8. The third-order valence-corrected chi connectivity index (χ3v) is 5.99. The number of carbonyl (C=O) groups is 1. The van der Waals surface area contributed by atoms with E-state index in [0.717, 1.165) is 49.0 Å². The molecule has 2 N–H and O–H groups in total. The minimum atomic E-state index is -0.258. The summed E-state index contributed by atoms with van der Waals surface area (Å²) >= 11 is 0. The minimum absolute atomic E-state index is 0.0486. The van der Waals surface area contributed by atoms with E-state index in [1.807, 2.05) is 41.3 Å². The molecule has 0 bridgehead atoms. The highest BCUT2D eigenvalue weighted by Crippen LogP contribution is 2.44. The molecule has 1 aromatic heterocycles. The Morgan fingerprint density at radius 2 is 1.78 bits per heavy atom. The van der Waals surface area contributed by atoms with Gasteiger partial charge in [0, 0.05) is 17.7 Å². The fourth-order valence-electron chi connectivity index (χ4n) is 4.27. The van der Waals surface area contributed by atoms with E-state index in [0.29, 0.717) is 30.1 Å². The molecule has 2 aromatic carbocycles. The number of benzene rings is 2. The van der Waals surface area contributed by atoms with Gasteiger partial charge in [-0.05, 0) is 42.7 Å². The van der Waals surface area contributed by atoms with Crippen molar-refractivity contribution in [3.63, 3.8) is 0 Å². The maximum absolute atomic E-state index is 13.3. The van der Waals surface area contributed by atoms with Crippen molar-refractivity contribution in [2.45, 2.75) is 52.0 Å². The number of nitrogens with zero attached hydrogens (tertiary/aromatic N) is 2. The molecular formula is C26H31N3O3. The first-order valence-corrected chi connectivity index (χ1v) is 11.6. The summed E-state index contributed by atoms with van der Waals surface area (Å²) in [5.74, 6) is 0.936. The van der Waals surface area contributed by atoms with E-state index in [4.69, 9.17) is 4.74 Å². The number of aromatic amines is 1. The van der Waals surface area contributed by atoms with Crippen molar-refractivity contribution in [3.8, 4) is 22.8 Å². The molecular weight excluding hydrogens is 402 g/mol. The van der Waals surface area contributed by atoms with Crippen molar-refractivity contribution >= 4 is 5.91 Å². The molecule has 6 heteroatoms. The number of phenols is 1. The summed E-state index contributed by atoms with van der Waals surface area (Å²) in [5.41, 5.74) is 3.58. The van der Waals surface area contributed by atoms with Crippen LogP contribution in [0.5, 0.6) is 11.5 Å². The maximum atomic E-state index is 13.3. The lowest BCUT2D eigenvalue weighted by molar-refractivity contribution is 0.0741. The molecule has 1 aliphatic heterocycles. The van der Waals surface area contributed by atoms with Crippen LogP contribution in [0.15, 0.2) is 48.5 Å². The number of carbonyl (C=O) groups excluding carboxylic acids is 1. The predicted molar refractivity (Wildman–Crippen MR) is 125 cm³/mol. The van der Waals surface area contributed by atoms with Gasteiger partial charge in [-0.15, -0.1) is 0 Å². The number of amides is 1. The van der Waals surface area contributed by atoms with E-state index in [2.05, 4.69) is 24.0 Å². The van der Waals surface area contributed by atoms with Crippen LogP contribution in [0.25, 0.3) is 11.3 Å². The lowest BCUT2D eigenvalue weighted by atomic mass is 9.95. The first-order valence-electron chi connectivity index (χ1n) is 11.6. The monoisotopic (exact) mass is 433 g/mol. The molecule has 0 radical (unpaired) electrons. The summed E-state index contributed by atoms with van der Waals surface area (Å²) < 4.78 is 5.87. The molecule has 1 aliphatic rings. The number of ether oxygens (including phenoxy) is 1. The largest absolute Gasteiger partial charge is 0.507 e. The van der Waals surface area contributed by atoms with Gasteiger partial charge in [0.05, 0.1) is 12.6 Å². The Morgan fingerprint density at radius 1 is 1.03 bits per heavy atom. The number of aromatic hydroxyl groups is 1. The minimum Gasteiger partial charge on any atom is -0.507 e. The van der Waals surface area contributed by atoms with Crippen molar-refractivity contribution in [3.05, 3.63) is 65.4 Å². The van der Waals surface area contributed by atoms with Crippen LogP contribution in [0.2, 0.25) is 0 Å². The highest BCUT2D eigenvalue weighted by molar-refractivity contribution is 6.00. The number of rotatable bonds is 10. The van der Waals surface area contributed by atoms with Crippen LogP contribution in [0.1, 0.15) is 73.6 Å². The predicted octanol–water partition coefficient (Wildman–Crippen LogP) is 5.70. The molecule has 1 unspecified atom stereocenters. The number of hydrogen-bond donors (Lipinski definition) is 2. The van der Waals surface area contributed by atoms with Gasteiger partial charge in [-0.3, -0.25) is 9.89 Å². The number of nitrogens with one attached hydrogen (secondary N) is 1. The van der Waals surface area contributed by atoms with Crippen LogP contribution in [-0.4, -0.2) is 39.3 Å². The normalized spacial score (nSPS) is 15.2. The van der Waals surface area contributed by atoms with Gasteiger partial charge in [-0.1, -0.05) is 57.4 Å². The van der Waals surface area contributed by atoms with Crippen molar-refractivity contribution in [2.75, 3.05) is 13.2 Å². The van der Waals surface area contributed by atoms with Gasteiger partial charge >= 0.3 is 0 Å². The first-order chi connectivity index (χ1) is 15.7. The second kappa shape index (κ2) is 9.90. The number of phenolic OH excluding ortho intramolecular Hbond substituents is 1. The average molecular weight is 434 g/mol. The van der Waals surface area contributed by atoms with Gasteiger partial charge in [0.25, 0.3) is 5.91 Å². The van der Waals surface area contributed by atoms with Gasteiger partial charge in [-0.25, -0.2) is 0 Å². The van der Waals surface area contributed by atoms with E-state index in [1.54, 1.807) is 12.1 Å². The van der Waals surface area contributed by atoms with Gasteiger partial charge in [-0.2, -0.15) is 5.10 Å². The number of fused-ring (bicyclic) bond motifs is 1. The maximum Gasteiger partial charge on any atom is 0.273 e. The van der Waals surface area contributed by atoms with E-state index >= 15 is 0 Å². The van der Waals surface area contributed by atoms with Gasteiger partial charge in [0.2, 0.25) is 0 Å². The summed E-state index contributed by atoms with van der Waals surface area (Å²) in [6.07, 6.45) is 5.29. The third kappa shape index (κ3) is 4.22. The molecule has 1 atom stereocenters. The van der Waals surface area contributed by atoms with Gasteiger partial charge in [0.15, 0.2) is 0 Å². The molecule has 4 rings (SSSR count). The molecule has 0 saturated carbocycles. The van der Waals surface area contributed by atoms with Gasteiger partial charge in [0.1, 0.15) is 22.9 Å². The number of unbranched alkanes of at least 4 members (excludes halogenated alkanes) is 3. The lowest BCUT2D eigenvalue weighted by Gasteiger charge is -2.26. The summed E-state index contributed by atoms with van der Waals surface area (Å²) in [7, 11) is 0. The Balaban J connectivity index is 1.69. The molecule has 168 valence electrons. The van der Waals surface area contributed by atoms with Crippen LogP contribution in [0.3, 0.4) is 0 Å². The van der Waals surface area contributed by atoms with E-state index < -0.39 is 0 Å². The second-order valence-corrected chi connectivity index (χ2v) is 8.26. The number of aromatic nitrogens is 2. The molecule has 0 aliphatic carbocycles. The van der Waals surface area contributed by atoms with E-state index in [9.17, 15) is 9.90 Å². The SMILES string of the molecule is CCCCCOc1ccc(C2c3c(-c4ccccc4O)n[nH]c3C(=O)N2CCCC)cc1. The van der Waals surface area contributed by atoms with Crippen molar-refractivity contribution < 1.29 is 14.6 Å². The topological polar surface area (TPSA) is 78.5 Å². The fourth-order valence-corrected chi connectivity index (χ4v) is 4.27. The molecule has 0 fully saturated rings. The van der Waals surface area contributed by atoms with Crippen LogP contribution in [0, 0.1) is 0 Å². The van der Waals surface area contributed by atoms with Crippen LogP contribution in [0.4, 0.5) is 0 Å². The Labute approximate surface area is 189 Å². The molecule has 0 spiro atoms. The summed E-state index contributed by atoms with van der Waals surface area (Å²) in [6.45, 7) is 5.67. The Hall–Kier alpha value is -3.28. The smallest absolute Gasteiger partial charge is 0.273 e. The zero-order valence-electron chi connectivity index (χ0n) is 18.8. The third-order valence-electron chi connectivity index (χ3n) is 5.99. The lowest BCUT2D eigenvalue weighted by Crippen LogP contribution is -2.30. The number of para-hydroxylation sites is 1. The standard InChI is InChI=1S/C26H31N3O3/c1-3-5-9-17-32-19-14-12-18(13-15-19)25-22-23(20-10-7-8-11-21(20)30)27-28-24(22)26(31)29(25)16-6-4-2/h7-8,10-15,25,30H,3-6,9,16-17H2,1-2H3,(H,27,28). The number of H-pyrrole nitrogens is 1. The van der Waals surface area contributed by atoms with Crippen LogP contribution in [-0.2, 0) is 0 Å². The summed E-state index contributed by atoms with van der Waals surface area (Å²) in [5, 5.41) is 17.8. The molecule has 2 heterocycles. The van der Waals surface area contributed by atoms with Crippen molar-refractivity contribution in [1.29, 1.82) is 0 Å². The highest BCUT2D eigenvalue weighted by atomic mass is 16.5. The van der Waals surface area contributed by atoms with Gasteiger partial charge < -0.3 is 14.7 Å². The van der Waals surface area contributed by atoms with Crippen LogP contribution < -0.4 is 4.74 Å². The highest BCUT2D eigenvalue weighted by Gasteiger charge is 2.42. The van der Waals surface area contributed by atoms with Crippen LogP contribution >= 0.6 is 0 Å². The number of hydrogen-bond acceptors (Lipinski definition) is 4. The molecule has 1 amide bonds. The Morgan fingerprint density at radius 3 is 2.50 bits per heavy atom.